The molecule has 1 aromatic rings. The molecule has 0 aliphatic carbocycles. The lowest BCUT2D eigenvalue weighted by atomic mass is 9.86. The van der Waals surface area contributed by atoms with Crippen LogP contribution >= 0.6 is 0 Å². The summed E-state index contributed by atoms with van der Waals surface area (Å²) in [5.74, 6) is -0.0244. The summed E-state index contributed by atoms with van der Waals surface area (Å²) in [6, 6.07) is 7.69. The third kappa shape index (κ3) is 5.16. The third-order valence-corrected chi connectivity index (χ3v) is 3.22. The van der Waals surface area contributed by atoms with Gasteiger partial charge in [0.25, 0.3) is 0 Å². The predicted molar refractivity (Wildman–Crippen MR) is 82.0 cm³/mol. The van der Waals surface area contributed by atoms with Gasteiger partial charge in [0.05, 0.1) is 0 Å². The highest BCUT2D eigenvalue weighted by atomic mass is 16.2. The van der Waals surface area contributed by atoms with Crippen LogP contribution in [0.2, 0.25) is 0 Å². The second-order valence-corrected chi connectivity index (χ2v) is 6.10. The molecule has 0 aromatic heterocycles. The molecule has 1 rings (SSSR count). The molecule has 1 amide bonds. The van der Waals surface area contributed by atoms with Gasteiger partial charge in [-0.3, -0.25) is 9.59 Å². The monoisotopic (exact) mass is 275 g/mol. The fourth-order valence-corrected chi connectivity index (χ4v) is 1.88. The SMILES string of the molecule is CCCNC(=O)CCC(=O)c1ccc(C(C)(C)C)cc1. The average molecular weight is 275 g/mol. The van der Waals surface area contributed by atoms with E-state index < -0.39 is 0 Å². The van der Waals surface area contributed by atoms with Gasteiger partial charge < -0.3 is 5.32 Å². The molecule has 0 bridgehead atoms. The summed E-state index contributed by atoms with van der Waals surface area (Å²) in [4.78, 5) is 23.5. The lowest BCUT2D eigenvalue weighted by Crippen LogP contribution is -2.24. The minimum atomic E-state index is -0.0495. The van der Waals surface area contributed by atoms with Gasteiger partial charge in [-0.25, -0.2) is 0 Å². The van der Waals surface area contributed by atoms with Gasteiger partial charge in [-0.1, -0.05) is 52.0 Å². The van der Waals surface area contributed by atoms with Crippen molar-refractivity contribution in [3.8, 4) is 0 Å². The number of carbonyl (C=O) groups excluding carboxylic acids is 2. The predicted octanol–water partition coefficient (Wildman–Crippen LogP) is 3.47. The highest BCUT2D eigenvalue weighted by molar-refractivity contribution is 5.97. The Labute approximate surface area is 121 Å². The van der Waals surface area contributed by atoms with Crippen molar-refractivity contribution in [1.82, 2.24) is 5.32 Å². The van der Waals surface area contributed by atoms with E-state index in [-0.39, 0.29) is 29.9 Å². The molecule has 1 aromatic carbocycles. The maximum Gasteiger partial charge on any atom is 0.220 e. The molecule has 0 spiro atoms. The molecule has 0 atom stereocenters. The number of benzene rings is 1. The number of rotatable bonds is 6. The van der Waals surface area contributed by atoms with Crippen LogP contribution in [0.1, 0.15) is 62.9 Å². The van der Waals surface area contributed by atoms with E-state index in [4.69, 9.17) is 0 Å². The summed E-state index contributed by atoms with van der Waals surface area (Å²) in [5, 5.41) is 2.78. The lowest BCUT2D eigenvalue weighted by molar-refractivity contribution is -0.121. The zero-order valence-corrected chi connectivity index (χ0v) is 13.0. The van der Waals surface area contributed by atoms with Crippen LogP contribution in [-0.2, 0) is 10.2 Å². The fourth-order valence-electron chi connectivity index (χ4n) is 1.88. The Kier molecular flexibility index (Phi) is 5.93. The van der Waals surface area contributed by atoms with Gasteiger partial charge in [-0.2, -0.15) is 0 Å². The summed E-state index contributed by atoms with van der Waals surface area (Å²) in [7, 11) is 0. The highest BCUT2D eigenvalue weighted by Gasteiger charge is 2.14. The zero-order valence-electron chi connectivity index (χ0n) is 13.0. The van der Waals surface area contributed by atoms with Crippen LogP contribution in [0.4, 0.5) is 0 Å². The fraction of sp³-hybridized carbons (Fsp3) is 0.529. The molecule has 0 saturated carbocycles. The van der Waals surface area contributed by atoms with E-state index in [9.17, 15) is 9.59 Å². The summed E-state index contributed by atoms with van der Waals surface area (Å²) >= 11 is 0. The largest absolute Gasteiger partial charge is 0.356 e. The van der Waals surface area contributed by atoms with E-state index in [1.165, 1.54) is 5.56 Å². The van der Waals surface area contributed by atoms with Gasteiger partial charge >= 0.3 is 0 Å². The van der Waals surface area contributed by atoms with E-state index in [0.29, 0.717) is 12.1 Å². The lowest BCUT2D eigenvalue weighted by Gasteiger charge is -2.18. The number of ketones is 1. The molecular formula is C17H25NO2. The van der Waals surface area contributed by atoms with E-state index in [1.54, 1.807) is 0 Å². The van der Waals surface area contributed by atoms with Gasteiger partial charge in [-0.15, -0.1) is 0 Å². The number of hydrogen-bond donors (Lipinski definition) is 1. The second-order valence-electron chi connectivity index (χ2n) is 6.10. The zero-order chi connectivity index (χ0) is 15.2. The number of amides is 1. The van der Waals surface area contributed by atoms with Crippen molar-refractivity contribution in [3.05, 3.63) is 35.4 Å². The van der Waals surface area contributed by atoms with E-state index in [0.717, 1.165) is 6.42 Å². The summed E-state index contributed by atoms with van der Waals surface area (Å²) in [6.45, 7) is 9.10. The maximum atomic E-state index is 12.0. The standard InChI is InChI=1S/C17H25NO2/c1-5-12-18-16(20)11-10-15(19)13-6-8-14(9-7-13)17(2,3)4/h6-9H,5,10-12H2,1-4H3,(H,18,20). The van der Waals surface area contributed by atoms with Crippen LogP contribution in [0.3, 0.4) is 0 Å². The van der Waals surface area contributed by atoms with Crippen LogP contribution in [0.5, 0.6) is 0 Å². The van der Waals surface area contributed by atoms with Gasteiger partial charge in [-0.05, 0) is 17.4 Å². The smallest absolute Gasteiger partial charge is 0.220 e. The van der Waals surface area contributed by atoms with Crippen LogP contribution < -0.4 is 5.32 Å². The van der Waals surface area contributed by atoms with E-state index in [1.807, 2.05) is 31.2 Å². The van der Waals surface area contributed by atoms with Crippen molar-refractivity contribution in [2.45, 2.75) is 52.4 Å². The Balaban J connectivity index is 2.54. The Morgan fingerprint density at radius 3 is 2.15 bits per heavy atom. The first-order valence-corrected chi connectivity index (χ1v) is 7.25. The molecular weight excluding hydrogens is 250 g/mol. The molecule has 0 unspecified atom stereocenters. The highest BCUT2D eigenvalue weighted by Crippen LogP contribution is 2.22. The second kappa shape index (κ2) is 7.22. The molecule has 0 aliphatic rings. The topological polar surface area (TPSA) is 46.2 Å². The number of carbonyl (C=O) groups is 2. The first-order chi connectivity index (χ1) is 9.34. The number of hydrogen-bond acceptors (Lipinski definition) is 2. The minimum absolute atomic E-state index is 0.0251. The molecule has 0 radical (unpaired) electrons. The van der Waals surface area contributed by atoms with Crippen LogP contribution in [-0.4, -0.2) is 18.2 Å². The Bertz CT molecular complexity index is 455. The van der Waals surface area contributed by atoms with Crippen LogP contribution in [0.15, 0.2) is 24.3 Å². The van der Waals surface area contributed by atoms with Gasteiger partial charge in [0, 0.05) is 24.9 Å². The van der Waals surface area contributed by atoms with Crippen molar-refractivity contribution < 1.29 is 9.59 Å². The van der Waals surface area contributed by atoms with E-state index >= 15 is 0 Å². The Morgan fingerprint density at radius 2 is 1.65 bits per heavy atom. The first kappa shape index (κ1) is 16.4. The molecule has 3 nitrogen and oxygen atoms in total. The molecule has 1 N–H and O–H groups in total. The number of nitrogens with one attached hydrogen (secondary N) is 1. The first-order valence-electron chi connectivity index (χ1n) is 7.25. The van der Waals surface area contributed by atoms with Crippen LogP contribution in [0.25, 0.3) is 0 Å². The van der Waals surface area contributed by atoms with Gasteiger partial charge in [0.1, 0.15) is 0 Å². The third-order valence-electron chi connectivity index (χ3n) is 3.22. The van der Waals surface area contributed by atoms with Crippen molar-refractivity contribution in [2.24, 2.45) is 0 Å². The van der Waals surface area contributed by atoms with Gasteiger partial charge in [0.15, 0.2) is 5.78 Å². The summed E-state index contributed by atoms with van der Waals surface area (Å²) in [6.07, 6.45) is 1.44. The van der Waals surface area contributed by atoms with Gasteiger partial charge in [0.2, 0.25) is 5.91 Å². The minimum Gasteiger partial charge on any atom is -0.356 e. The molecule has 20 heavy (non-hydrogen) atoms. The number of Topliss-reactive ketones (excluding diaryl/α,β-unsaturated/α-hetero) is 1. The van der Waals surface area contributed by atoms with Crippen LogP contribution in [0, 0.1) is 0 Å². The van der Waals surface area contributed by atoms with Crippen molar-refractivity contribution in [2.75, 3.05) is 6.54 Å². The molecule has 3 heteroatoms. The summed E-state index contributed by atoms with van der Waals surface area (Å²) < 4.78 is 0. The molecule has 110 valence electrons. The molecule has 0 saturated heterocycles. The maximum absolute atomic E-state index is 12.0. The van der Waals surface area contributed by atoms with Crippen molar-refractivity contribution in [1.29, 1.82) is 0 Å². The van der Waals surface area contributed by atoms with E-state index in [2.05, 4.69) is 26.1 Å². The quantitative estimate of drug-likeness (QED) is 0.808. The molecule has 0 heterocycles. The summed E-state index contributed by atoms with van der Waals surface area (Å²) in [5.41, 5.74) is 1.97. The van der Waals surface area contributed by atoms with Crippen molar-refractivity contribution in [3.63, 3.8) is 0 Å². The Morgan fingerprint density at radius 1 is 1.05 bits per heavy atom. The Hall–Kier alpha value is -1.64. The molecule has 0 aliphatic heterocycles. The molecule has 0 fully saturated rings. The normalized spacial score (nSPS) is 11.2. The van der Waals surface area contributed by atoms with Crippen molar-refractivity contribution >= 4 is 11.7 Å². The average Bonchev–Trinajstić information content (AvgIpc) is 2.41.